The Hall–Kier alpha value is 0.140. The Morgan fingerprint density at radius 3 is 2.59 bits per heavy atom. The Bertz CT molecular complexity index is 380. The van der Waals surface area contributed by atoms with E-state index in [9.17, 15) is 0 Å². The van der Waals surface area contributed by atoms with Crippen LogP contribution < -0.4 is 0 Å². The summed E-state index contributed by atoms with van der Waals surface area (Å²) in [7, 11) is 0. The molecule has 0 aromatic carbocycles. The van der Waals surface area contributed by atoms with Crippen molar-refractivity contribution in [2.75, 3.05) is 6.61 Å². The van der Waals surface area contributed by atoms with Gasteiger partial charge in [0.15, 0.2) is 0 Å². The Balaban J connectivity index is 2.09. The smallest absolute Gasteiger partial charge is 0.0551 e. The van der Waals surface area contributed by atoms with Gasteiger partial charge in [0.25, 0.3) is 0 Å². The van der Waals surface area contributed by atoms with Crippen molar-refractivity contribution in [1.29, 1.82) is 0 Å². The highest BCUT2D eigenvalue weighted by molar-refractivity contribution is 9.09. The summed E-state index contributed by atoms with van der Waals surface area (Å²) in [6.07, 6.45) is 1.58. The molecule has 3 heteroatoms. The van der Waals surface area contributed by atoms with Gasteiger partial charge >= 0.3 is 0 Å². The second-order valence-electron chi connectivity index (χ2n) is 5.99. The first-order valence-electron chi connectivity index (χ1n) is 6.24. The first-order chi connectivity index (χ1) is 7.88. The van der Waals surface area contributed by atoms with Crippen LogP contribution in [0.4, 0.5) is 0 Å². The van der Waals surface area contributed by atoms with Crippen molar-refractivity contribution < 1.29 is 4.74 Å². The Labute approximate surface area is 117 Å². The molecule has 0 spiro atoms. The zero-order chi connectivity index (χ0) is 12.6. The van der Waals surface area contributed by atoms with Gasteiger partial charge in [0.1, 0.15) is 0 Å². The Morgan fingerprint density at radius 2 is 2.12 bits per heavy atom. The monoisotopic (exact) mass is 316 g/mol. The molecule has 0 amide bonds. The van der Waals surface area contributed by atoms with Crippen LogP contribution in [0.5, 0.6) is 0 Å². The van der Waals surface area contributed by atoms with Crippen LogP contribution in [-0.4, -0.2) is 12.7 Å². The molecule has 3 atom stereocenters. The summed E-state index contributed by atoms with van der Waals surface area (Å²) in [5.41, 5.74) is 0.259. The maximum atomic E-state index is 5.66. The molecule has 3 unspecified atom stereocenters. The van der Waals surface area contributed by atoms with Crippen molar-refractivity contribution >= 4 is 27.3 Å². The normalized spacial score (nSPS) is 27.4. The second kappa shape index (κ2) is 5.02. The van der Waals surface area contributed by atoms with E-state index in [1.807, 2.05) is 11.3 Å². The van der Waals surface area contributed by atoms with E-state index in [2.05, 4.69) is 55.8 Å². The minimum absolute atomic E-state index is 0.259. The van der Waals surface area contributed by atoms with Crippen molar-refractivity contribution in [3.05, 3.63) is 21.9 Å². The first-order valence-corrected chi connectivity index (χ1v) is 7.97. The molecule has 2 heterocycles. The lowest BCUT2D eigenvalue weighted by molar-refractivity contribution is 0.120. The lowest BCUT2D eigenvalue weighted by atomic mass is 9.95. The van der Waals surface area contributed by atoms with Gasteiger partial charge in [0, 0.05) is 15.7 Å². The molecular formula is C14H21BrOS. The molecule has 0 saturated carbocycles. The van der Waals surface area contributed by atoms with E-state index < -0.39 is 0 Å². The maximum absolute atomic E-state index is 5.66. The van der Waals surface area contributed by atoms with Gasteiger partial charge in [-0.15, -0.1) is 11.3 Å². The quantitative estimate of drug-likeness (QED) is 0.705. The van der Waals surface area contributed by atoms with Crippen LogP contribution in [-0.2, 0) is 10.2 Å². The predicted molar refractivity (Wildman–Crippen MR) is 78.2 cm³/mol. The Morgan fingerprint density at radius 1 is 1.41 bits per heavy atom. The highest BCUT2D eigenvalue weighted by Crippen LogP contribution is 2.42. The van der Waals surface area contributed by atoms with Gasteiger partial charge in [-0.25, -0.2) is 0 Å². The summed E-state index contributed by atoms with van der Waals surface area (Å²) >= 11 is 5.78. The summed E-state index contributed by atoms with van der Waals surface area (Å²) in [5.74, 6) is 0.622. The lowest BCUT2D eigenvalue weighted by Crippen LogP contribution is -2.08. The van der Waals surface area contributed by atoms with E-state index in [4.69, 9.17) is 4.74 Å². The predicted octanol–water partition coefficient (Wildman–Crippen LogP) is 4.91. The Kier molecular flexibility index (Phi) is 4.01. The number of halogens is 1. The van der Waals surface area contributed by atoms with Gasteiger partial charge in [-0.05, 0) is 30.9 Å². The average Bonchev–Trinajstić information content (AvgIpc) is 2.83. The minimum atomic E-state index is 0.259. The molecule has 96 valence electrons. The second-order valence-corrected chi connectivity index (χ2v) is 8.10. The third kappa shape index (κ3) is 3.12. The molecule has 2 rings (SSSR count). The molecule has 1 nitrogen and oxygen atoms in total. The molecule has 0 bridgehead atoms. The van der Waals surface area contributed by atoms with Gasteiger partial charge in [-0.1, -0.05) is 36.7 Å². The standard InChI is InChI=1S/C14H21BrOS/c1-9-7-10(8-16-9)13(15)11-5-6-12(17-11)14(2,3)4/h5-6,9-10,13H,7-8H2,1-4H3. The summed E-state index contributed by atoms with van der Waals surface area (Å²) in [6.45, 7) is 9.86. The number of hydrogen-bond acceptors (Lipinski definition) is 2. The summed E-state index contributed by atoms with van der Waals surface area (Å²) in [5, 5.41) is 0. The fraction of sp³-hybridized carbons (Fsp3) is 0.714. The topological polar surface area (TPSA) is 9.23 Å². The third-order valence-corrected chi connectivity index (χ3v) is 6.42. The van der Waals surface area contributed by atoms with Crippen LogP contribution in [0.15, 0.2) is 12.1 Å². The van der Waals surface area contributed by atoms with Crippen molar-refractivity contribution in [2.45, 2.75) is 50.5 Å². The zero-order valence-electron chi connectivity index (χ0n) is 11.0. The molecule has 1 aromatic rings. The van der Waals surface area contributed by atoms with Crippen LogP contribution in [0.25, 0.3) is 0 Å². The fourth-order valence-corrected chi connectivity index (χ4v) is 4.13. The average molecular weight is 317 g/mol. The van der Waals surface area contributed by atoms with Crippen LogP contribution in [0.3, 0.4) is 0 Å². The number of hydrogen-bond donors (Lipinski definition) is 0. The van der Waals surface area contributed by atoms with Crippen molar-refractivity contribution in [2.24, 2.45) is 5.92 Å². The van der Waals surface area contributed by atoms with Crippen LogP contribution in [0, 0.1) is 5.92 Å². The molecule has 1 aliphatic heterocycles. The van der Waals surface area contributed by atoms with E-state index in [0.29, 0.717) is 16.8 Å². The summed E-state index contributed by atoms with van der Waals surface area (Å²) < 4.78 is 5.66. The molecule has 0 aliphatic carbocycles. The molecule has 1 aliphatic rings. The fourth-order valence-electron chi connectivity index (χ4n) is 2.19. The summed E-state index contributed by atoms with van der Waals surface area (Å²) in [6, 6.07) is 4.54. The highest BCUT2D eigenvalue weighted by Gasteiger charge is 2.30. The largest absolute Gasteiger partial charge is 0.378 e. The zero-order valence-corrected chi connectivity index (χ0v) is 13.4. The minimum Gasteiger partial charge on any atom is -0.378 e. The lowest BCUT2D eigenvalue weighted by Gasteiger charge is -2.17. The van der Waals surface area contributed by atoms with E-state index in [-0.39, 0.29) is 5.41 Å². The van der Waals surface area contributed by atoms with E-state index in [1.54, 1.807) is 0 Å². The highest BCUT2D eigenvalue weighted by atomic mass is 79.9. The summed E-state index contributed by atoms with van der Waals surface area (Å²) in [4.78, 5) is 3.36. The van der Waals surface area contributed by atoms with Crippen LogP contribution >= 0.6 is 27.3 Å². The maximum Gasteiger partial charge on any atom is 0.0551 e. The van der Waals surface area contributed by atoms with E-state index >= 15 is 0 Å². The van der Waals surface area contributed by atoms with Gasteiger partial charge < -0.3 is 4.74 Å². The van der Waals surface area contributed by atoms with Crippen molar-refractivity contribution in [3.8, 4) is 0 Å². The number of rotatable bonds is 2. The van der Waals surface area contributed by atoms with E-state index in [1.165, 1.54) is 16.2 Å². The van der Waals surface area contributed by atoms with Crippen LogP contribution in [0.1, 0.15) is 48.7 Å². The number of thiophene rings is 1. The molecule has 1 saturated heterocycles. The number of alkyl halides is 1. The van der Waals surface area contributed by atoms with E-state index in [0.717, 1.165) is 6.61 Å². The third-order valence-electron chi connectivity index (χ3n) is 3.28. The molecule has 17 heavy (non-hydrogen) atoms. The molecule has 1 aromatic heterocycles. The van der Waals surface area contributed by atoms with Crippen molar-refractivity contribution in [3.63, 3.8) is 0 Å². The molecule has 0 radical (unpaired) electrons. The molecule has 0 N–H and O–H groups in total. The van der Waals surface area contributed by atoms with Gasteiger partial charge in [0.2, 0.25) is 0 Å². The van der Waals surface area contributed by atoms with Gasteiger partial charge in [-0.3, -0.25) is 0 Å². The van der Waals surface area contributed by atoms with Crippen molar-refractivity contribution in [1.82, 2.24) is 0 Å². The van der Waals surface area contributed by atoms with Gasteiger partial charge in [0.05, 0.1) is 17.5 Å². The first kappa shape index (κ1) is 13.6. The SMILES string of the molecule is CC1CC(C(Br)c2ccc(C(C)(C)C)s2)CO1. The molecule has 1 fully saturated rings. The van der Waals surface area contributed by atoms with Gasteiger partial charge in [-0.2, -0.15) is 0 Å². The number of ether oxygens (including phenoxy) is 1. The van der Waals surface area contributed by atoms with Crippen LogP contribution in [0.2, 0.25) is 0 Å². The molecular weight excluding hydrogens is 296 g/mol.